The number of allylic oxidation sites excluding steroid dienone is 5. The minimum atomic E-state index is -0.534. The van der Waals surface area contributed by atoms with Crippen molar-refractivity contribution in [3.05, 3.63) is 60.0 Å². The van der Waals surface area contributed by atoms with Crippen LogP contribution < -0.4 is 5.46 Å². The van der Waals surface area contributed by atoms with Gasteiger partial charge in [0.15, 0.2) is 0 Å². The van der Waals surface area contributed by atoms with E-state index in [1.165, 1.54) is 7.11 Å². The van der Waals surface area contributed by atoms with Crippen molar-refractivity contribution in [3.63, 3.8) is 0 Å². The molecule has 8 heteroatoms. The number of hydrogen-bond donors (Lipinski definition) is 1. The second-order valence-corrected chi connectivity index (χ2v) is 8.61. The Morgan fingerprint density at radius 3 is 2.26 bits per heavy atom. The maximum atomic E-state index is 12.2. The molecular weight excluding hydrogens is 431 g/mol. The summed E-state index contributed by atoms with van der Waals surface area (Å²) in [6, 6.07) is 3.70. The largest absolute Gasteiger partial charge is 0.516 e. The highest BCUT2D eigenvalue weighted by Gasteiger charge is 2.51. The van der Waals surface area contributed by atoms with Gasteiger partial charge in [-0.15, -0.1) is 0 Å². The number of carbonyl (C=O) groups excluding carboxylic acids is 1. The van der Waals surface area contributed by atoms with Gasteiger partial charge in [-0.1, -0.05) is 43.7 Å². The van der Waals surface area contributed by atoms with E-state index in [-0.39, 0.29) is 0 Å². The molecule has 2 aromatic rings. The molecule has 1 aliphatic rings. The number of aliphatic hydroxyl groups excluding tert-OH is 1. The van der Waals surface area contributed by atoms with Gasteiger partial charge in [-0.05, 0) is 59.1 Å². The van der Waals surface area contributed by atoms with Gasteiger partial charge >= 0.3 is 13.1 Å². The van der Waals surface area contributed by atoms with E-state index in [0.29, 0.717) is 5.56 Å². The monoisotopic (exact) mass is 470 g/mol. The third-order valence-corrected chi connectivity index (χ3v) is 5.66. The molecule has 186 valence electrons. The number of methoxy groups -OCH3 is 1. The van der Waals surface area contributed by atoms with Crippen LogP contribution in [-0.4, -0.2) is 46.3 Å². The fourth-order valence-electron chi connectivity index (χ4n) is 3.24. The molecule has 3 rings (SSSR count). The lowest BCUT2D eigenvalue weighted by Crippen LogP contribution is -2.41. The predicted octanol–water partition coefficient (Wildman–Crippen LogP) is 5.27. The second kappa shape index (κ2) is 12.6. The number of aryl methyl sites for hydroxylation is 1. The number of aliphatic hydroxyl groups is 1. The Hall–Kier alpha value is -2.84. The van der Waals surface area contributed by atoms with Gasteiger partial charge in [0.25, 0.3) is 0 Å². The molecule has 2 heterocycles. The van der Waals surface area contributed by atoms with E-state index in [9.17, 15) is 4.79 Å². The fraction of sp³-hybridized carbons (Fsp3) is 0.462. The Morgan fingerprint density at radius 2 is 1.76 bits per heavy atom. The predicted molar refractivity (Wildman–Crippen MR) is 139 cm³/mol. The number of aromatic nitrogens is 2. The molecular formula is C26H39BN2O5. The topological polar surface area (TPSA) is 82.8 Å². The van der Waals surface area contributed by atoms with Crippen molar-refractivity contribution in [2.45, 2.75) is 66.6 Å². The average molecular weight is 470 g/mol. The van der Waals surface area contributed by atoms with Crippen molar-refractivity contribution in [3.8, 4) is 0 Å². The molecule has 0 saturated carbocycles. The van der Waals surface area contributed by atoms with E-state index in [2.05, 4.69) is 5.10 Å². The Balaban J connectivity index is 0.000000446. The van der Waals surface area contributed by atoms with Crippen molar-refractivity contribution in [2.75, 3.05) is 7.11 Å². The molecule has 1 N–H and O–H groups in total. The summed E-state index contributed by atoms with van der Waals surface area (Å²) in [4.78, 5) is 12.2. The Labute approximate surface area is 204 Å². The number of benzene rings is 1. The quantitative estimate of drug-likeness (QED) is 0.284. The van der Waals surface area contributed by atoms with E-state index in [0.717, 1.165) is 28.2 Å². The molecule has 1 saturated heterocycles. The molecule has 0 aliphatic carbocycles. The average Bonchev–Trinajstić information content (AvgIpc) is 3.28. The zero-order valence-corrected chi connectivity index (χ0v) is 22.2. The smallest absolute Gasteiger partial charge is 0.494 e. The summed E-state index contributed by atoms with van der Waals surface area (Å²) in [5.41, 5.74) is 2.22. The summed E-state index contributed by atoms with van der Waals surface area (Å²) in [5, 5.41) is 13.3. The Kier molecular flexibility index (Phi) is 10.8. The zero-order valence-electron chi connectivity index (χ0n) is 22.2. The summed E-state index contributed by atoms with van der Waals surface area (Å²) < 4.78 is 18.7. The minimum Gasteiger partial charge on any atom is -0.516 e. The summed E-state index contributed by atoms with van der Waals surface area (Å²) in [7, 11) is 2.63. The van der Waals surface area contributed by atoms with E-state index >= 15 is 0 Å². The van der Waals surface area contributed by atoms with Crippen LogP contribution in [0.15, 0.2) is 54.5 Å². The van der Waals surface area contributed by atoms with E-state index < -0.39 is 24.3 Å². The highest BCUT2D eigenvalue weighted by Crippen LogP contribution is 2.36. The molecule has 0 spiro atoms. The summed E-state index contributed by atoms with van der Waals surface area (Å²) >= 11 is 0. The normalized spacial score (nSPS) is 16.9. The first-order chi connectivity index (χ1) is 16.0. The third-order valence-electron chi connectivity index (χ3n) is 5.66. The second-order valence-electron chi connectivity index (χ2n) is 8.61. The van der Waals surface area contributed by atoms with Crippen LogP contribution in [-0.2, 0) is 21.1 Å². The maximum Gasteiger partial charge on any atom is 0.494 e. The van der Waals surface area contributed by atoms with E-state index in [1.54, 1.807) is 30.1 Å². The molecule has 1 aromatic heterocycles. The van der Waals surface area contributed by atoms with Crippen LogP contribution >= 0.6 is 0 Å². The summed E-state index contributed by atoms with van der Waals surface area (Å²) in [5.74, 6) is -0.406. The van der Waals surface area contributed by atoms with Crippen molar-refractivity contribution in [2.24, 2.45) is 7.05 Å². The van der Waals surface area contributed by atoms with Crippen molar-refractivity contribution < 1.29 is 23.9 Å². The summed E-state index contributed by atoms with van der Waals surface area (Å²) in [6.45, 7) is 15.9. The van der Waals surface area contributed by atoms with Crippen LogP contribution in [0, 0.1) is 0 Å². The van der Waals surface area contributed by atoms with Crippen molar-refractivity contribution in [1.29, 1.82) is 0 Å². The van der Waals surface area contributed by atoms with Crippen LogP contribution in [0.5, 0.6) is 0 Å². The fourth-order valence-corrected chi connectivity index (χ4v) is 3.24. The number of rotatable bonds is 4. The van der Waals surface area contributed by atoms with Gasteiger partial charge in [-0.2, -0.15) is 5.10 Å². The van der Waals surface area contributed by atoms with Gasteiger partial charge in [0.05, 0.1) is 41.9 Å². The van der Waals surface area contributed by atoms with Crippen LogP contribution in [0.1, 0.15) is 65.7 Å². The van der Waals surface area contributed by atoms with Gasteiger partial charge in [0.2, 0.25) is 0 Å². The number of esters is 1. The first-order valence-corrected chi connectivity index (χ1v) is 11.5. The highest BCUT2D eigenvalue weighted by atomic mass is 16.7. The lowest BCUT2D eigenvalue weighted by molar-refractivity contribution is 0.00578. The van der Waals surface area contributed by atoms with Crippen molar-refractivity contribution >= 4 is 29.5 Å². The molecule has 1 aliphatic heterocycles. The van der Waals surface area contributed by atoms with Gasteiger partial charge in [0, 0.05) is 12.4 Å². The molecule has 0 unspecified atom stereocenters. The van der Waals surface area contributed by atoms with Crippen molar-refractivity contribution in [1.82, 2.24) is 9.78 Å². The van der Waals surface area contributed by atoms with Gasteiger partial charge < -0.3 is 19.2 Å². The maximum absolute atomic E-state index is 12.2. The Bertz CT molecular complexity index is 1030. The zero-order chi connectivity index (χ0) is 26.1. The number of nitrogens with zero attached hydrogens (tertiary/aromatic N) is 2. The number of fused-ring (bicyclic) bond motifs is 1. The number of carbonyl (C=O) groups is 1. The van der Waals surface area contributed by atoms with E-state index in [4.69, 9.17) is 19.2 Å². The standard InChI is InChI=1S/C16H21BN2O4.C8H12O.C2H6/c1-15(2)16(3,4)23-17(22-15)11-7-10-9-18-19(5)13(10)12(8-11)14(20)21-6;1-3-5-8(2)6-4-7-9;1-2/h7-9H,1-6H3;3-7,9H,1-2H3;1-2H3/b;5-3-,7-4+,8-6-;. The van der Waals surface area contributed by atoms with Crippen LogP contribution in [0.2, 0.25) is 0 Å². The van der Waals surface area contributed by atoms with Crippen LogP contribution in [0.3, 0.4) is 0 Å². The SMILES string of the molecule is CC.COC(=O)c1cc(B2OC(C)(C)C(C)(C)O2)cc2cnn(C)c12.C\C=C/C(C)=C\C=C\O. The van der Waals surface area contributed by atoms with Gasteiger partial charge in [-0.3, -0.25) is 4.68 Å². The molecule has 0 bridgehead atoms. The van der Waals surface area contributed by atoms with Gasteiger partial charge in [0.1, 0.15) is 0 Å². The molecule has 7 nitrogen and oxygen atoms in total. The van der Waals surface area contributed by atoms with Gasteiger partial charge in [-0.25, -0.2) is 4.79 Å². The van der Waals surface area contributed by atoms with Crippen LogP contribution in [0.25, 0.3) is 10.9 Å². The molecule has 0 amide bonds. The van der Waals surface area contributed by atoms with E-state index in [1.807, 2.05) is 79.7 Å². The lowest BCUT2D eigenvalue weighted by atomic mass is 9.77. The first kappa shape index (κ1) is 29.2. The molecule has 1 fully saturated rings. The molecule has 0 radical (unpaired) electrons. The number of hydrogen-bond acceptors (Lipinski definition) is 6. The minimum absolute atomic E-state index is 0.406. The summed E-state index contributed by atoms with van der Waals surface area (Å²) in [6.07, 6.45) is 10.1. The van der Waals surface area contributed by atoms with Crippen LogP contribution in [0.4, 0.5) is 0 Å². The molecule has 1 aromatic carbocycles. The first-order valence-electron chi connectivity index (χ1n) is 11.5. The highest BCUT2D eigenvalue weighted by molar-refractivity contribution is 6.62. The number of ether oxygens (including phenoxy) is 1. The third kappa shape index (κ3) is 6.84. The molecule has 34 heavy (non-hydrogen) atoms. The lowest BCUT2D eigenvalue weighted by Gasteiger charge is -2.32. The Morgan fingerprint density at radius 1 is 1.18 bits per heavy atom. The molecule has 0 atom stereocenters.